The largest absolute Gasteiger partial charge is 0.355 e. The number of rotatable bonds is 4. The minimum absolute atomic E-state index is 1.08. The van der Waals surface area contributed by atoms with E-state index in [1.807, 2.05) is 0 Å². The molecule has 1 heterocycles. The van der Waals surface area contributed by atoms with Gasteiger partial charge in [0.25, 0.3) is 0 Å². The van der Waals surface area contributed by atoms with Crippen LogP contribution in [0.3, 0.4) is 0 Å². The summed E-state index contributed by atoms with van der Waals surface area (Å²) in [5.41, 5.74) is 8.17. The Bertz CT molecular complexity index is 1850. The van der Waals surface area contributed by atoms with Crippen LogP contribution >= 0.6 is 0 Å². The van der Waals surface area contributed by atoms with Gasteiger partial charge in [0.1, 0.15) is 0 Å². The van der Waals surface area contributed by atoms with E-state index in [1.165, 1.54) is 49.4 Å². The third-order valence-electron chi connectivity index (χ3n) is 6.93. The van der Waals surface area contributed by atoms with E-state index >= 15 is 0 Å². The standard InChI is InChI=1S/C34H24N2/c1-3-10-24(11-4-1)26-13-9-14-27(22-26)35-28-19-21-32-31(23-28)34-30-17-8-7-12-25(30)18-20-33(34)36(32)29-15-5-2-6-16-29/h1-23,35H. The third-order valence-corrected chi connectivity index (χ3v) is 6.93. The number of hydrogen-bond donors (Lipinski definition) is 1. The van der Waals surface area contributed by atoms with Gasteiger partial charge in [0.05, 0.1) is 11.0 Å². The number of benzene rings is 6. The van der Waals surface area contributed by atoms with E-state index in [-0.39, 0.29) is 0 Å². The van der Waals surface area contributed by atoms with Gasteiger partial charge in [0, 0.05) is 27.8 Å². The lowest BCUT2D eigenvalue weighted by Gasteiger charge is -2.10. The van der Waals surface area contributed by atoms with Crippen molar-refractivity contribution in [3.63, 3.8) is 0 Å². The molecule has 7 aromatic rings. The van der Waals surface area contributed by atoms with Crippen molar-refractivity contribution in [3.8, 4) is 16.8 Å². The quantitative estimate of drug-likeness (QED) is 0.277. The lowest BCUT2D eigenvalue weighted by molar-refractivity contribution is 1.18. The normalized spacial score (nSPS) is 11.3. The Morgan fingerprint density at radius 1 is 0.444 bits per heavy atom. The summed E-state index contributed by atoms with van der Waals surface area (Å²) in [5.74, 6) is 0. The third kappa shape index (κ3) is 3.43. The van der Waals surface area contributed by atoms with Crippen LogP contribution in [0.25, 0.3) is 49.4 Å². The maximum Gasteiger partial charge on any atom is 0.0547 e. The van der Waals surface area contributed by atoms with Crippen LogP contribution in [0, 0.1) is 0 Å². The SMILES string of the molecule is c1ccc(-c2cccc(Nc3ccc4c(c3)c3c5ccccc5ccc3n4-c3ccccc3)c2)cc1. The minimum Gasteiger partial charge on any atom is -0.355 e. The Balaban J connectivity index is 1.41. The highest BCUT2D eigenvalue weighted by Gasteiger charge is 2.15. The topological polar surface area (TPSA) is 17.0 Å². The van der Waals surface area contributed by atoms with Crippen LogP contribution in [0.15, 0.2) is 140 Å². The van der Waals surface area contributed by atoms with E-state index in [0.29, 0.717) is 0 Å². The molecule has 2 heteroatoms. The molecule has 170 valence electrons. The molecule has 2 nitrogen and oxygen atoms in total. The molecule has 0 aliphatic rings. The first-order chi connectivity index (χ1) is 17.8. The molecule has 0 bridgehead atoms. The summed E-state index contributed by atoms with van der Waals surface area (Å²) in [6, 6.07) is 49.6. The fourth-order valence-corrected chi connectivity index (χ4v) is 5.30. The summed E-state index contributed by atoms with van der Waals surface area (Å²) in [6.07, 6.45) is 0. The van der Waals surface area contributed by atoms with Crippen molar-refractivity contribution in [3.05, 3.63) is 140 Å². The second-order valence-corrected chi connectivity index (χ2v) is 9.16. The van der Waals surface area contributed by atoms with E-state index in [9.17, 15) is 0 Å². The second-order valence-electron chi connectivity index (χ2n) is 9.16. The zero-order valence-electron chi connectivity index (χ0n) is 19.7. The van der Waals surface area contributed by atoms with Gasteiger partial charge in [-0.1, -0.05) is 91.0 Å². The van der Waals surface area contributed by atoms with Crippen LogP contribution < -0.4 is 5.32 Å². The lowest BCUT2D eigenvalue weighted by Crippen LogP contribution is -1.94. The molecule has 0 amide bonds. The van der Waals surface area contributed by atoms with Crippen LogP contribution in [-0.4, -0.2) is 4.57 Å². The Morgan fingerprint density at radius 2 is 1.14 bits per heavy atom. The van der Waals surface area contributed by atoms with Gasteiger partial charge >= 0.3 is 0 Å². The highest BCUT2D eigenvalue weighted by Crippen LogP contribution is 2.38. The molecule has 6 aromatic carbocycles. The average molecular weight is 461 g/mol. The molecule has 1 aromatic heterocycles. The van der Waals surface area contributed by atoms with E-state index < -0.39 is 0 Å². The van der Waals surface area contributed by atoms with Gasteiger partial charge in [0.2, 0.25) is 0 Å². The summed E-state index contributed by atoms with van der Waals surface area (Å²) in [7, 11) is 0. The summed E-state index contributed by atoms with van der Waals surface area (Å²) in [6.45, 7) is 0. The van der Waals surface area contributed by atoms with Crippen LogP contribution in [0.2, 0.25) is 0 Å². The van der Waals surface area contributed by atoms with E-state index in [1.54, 1.807) is 0 Å². The van der Waals surface area contributed by atoms with Crippen molar-refractivity contribution in [2.45, 2.75) is 0 Å². The number of nitrogens with zero attached hydrogens (tertiary/aromatic N) is 1. The van der Waals surface area contributed by atoms with Gasteiger partial charge in [-0.05, 0) is 70.4 Å². The lowest BCUT2D eigenvalue weighted by atomic mass is 10.0. The molecule has 0 fully saturated rings. The van der Waals surface area contributed by atoms with Gasteiger partial charge in [-0.25, -0.2) is 0 Å². The Labute approximate surface area is 210 Å². The van der Waals surface area contributed by atoms with Crippen LogP contribution in [-0.2, 0) is 0 Å². The number of aromatic nitrogens is 1. The monoisotopic (exact) mass is 460 g/mol. The van der Waals surface area contributed by atoms with E-state index in [4.69, 9.17) is 0 Å². The first kappa shape index (κ1) is 20.5. The first-order valence-electron chi connectivity index (χ1n) is 12.3. The number of nitrogens with one attached hydrogen (secondary N) is 1. The second kappa shape index (κ2) is 8.44. The van der Waals surface area contributed by atoms with Crippen LogP contribution in [0.1, 0.15) is 0 Å². The fourth-order valence-electron chi connectivity index (χ4n) is 5.30. The highest BCUT2D eigenvalue weighted by molar-refractivity contribution is 6.21. The molecule has 0 spiro atoms. The number of para-hydroxylation sites is 1. The molecule has 1 N–H and O–H groups in total. The number of anilines is 2. The zero-order chi connectivity index (χ0) is 23.9. The molecule has 0 unspecified atom stereocenters. The summed E-state index contributed by atoms with van der Waals surface area (Å²) in [5, 5.41) is 8.72. The Morgan fingerprint density at radius 3 is 2.00 bits per heavy atom. The molecule has 36 heavy (non-hydrogen) atoms. The predicted molar refractivity (Wildman–Crippen MR) is 153 cm³/mol. The molecule has 0 saturated carbocycles. The van der Waals surface area contributed by atoms with Crippen molar-refractivity contribution >= 4 is 44.0 Å². The van der Waals surface area contributed by atoms with Crippen molar-refractivity contribution < 1.29 is 0 Å². The van der Waals surface area contributed by atoms with E-state index in [0.717, 1.165) is 11.4 Å². The molecule has 0 aliphatic heterocycles. The average Bonchev–Trinajstić information content (AvgIpc) is 3.28. The van der Waals surface area contributed by atoms with Gasteiger partial charge in [-0.15, -0.1) is 0 Å². The molecule has 0 saturated heterocycles. The smallest absolute Gasteiger partial charge is 0.0547 e. The summed E-state index contributed by atoms with van der Waals surface area (Å²) >= 11 is 0. The minimum atomic E-state index is 1.08. The summed E-state index contributed by atoms with van der Waals surface area (Å²) < 4.78 is 2.37. The molecule has 0 aliphatic carbocycles. The molecule has 0 radical (unpaired) electrons. The van der Waals surface area contributed by atoms with Crippen LogP contribution in [0.4, 0.5) is 11.4 Å². The van der Waals surface area contributed by atoms with E-state index in [2.05, 4.69) is 149 Å². The molecular weight excluding hydrogens is 436 g/mol. The van der Waals surface area contributed by atoms with Gasteiger partial charge < -0.3 is 9.88 Å². The molecule has 7 rings (SSSR count). The number of fused-ring (bicyclic) bond motifs is 5. The van der Waals surface area contributed by atoms with Crippen molar-refractivity contribution in [1.29, 1.82) is 0 Å². The Kier molecular flexibility index (Phi) is 4.82. The summed E-state index contributed by atoms with van der Waals surface area (Å²) in [4.78, 5) is 0. The highest BCUT2D eigenvalue weighted by atomic mass is 15.0. The maximum atomic E-state index is 3.66. The van der Waals surface area contributed by atoms with Gasteiger partial charge in [0.15, 0.2) is 0 Å². The predicted octanol–water partition coefficient (Wildman–Crippen LogP) is 9.35. The van der Waals surface area contributed by atoms with Crippen molar-refractivity contribution in [1.82, 2.24) is 4.57 Å². The van der Waals surface area contributed by atoms with Crippen LogP contribution in [0.5, 0.6) is 0 Å². The fraction of sp³-hybridized carbons (Fsp3) is 0. The van der Waals surface area contributed by atoms with Gasteiger partial charge in [-0.2, -0.15) is 0 Å². The first-order valence-corrected chi connectivity index (χ1v) is 12.3. The Hall–Kier alpha value is -4.82. The molecular formula is C34H24N2. The molecule has 0 atom stereocenters. The van der Waals surface area contributed by atoms with Crippen molar-refractivity contribution in [2.24, 2.45) is 0 Å². The maximum absolute atomic E-state index is 3.66. The van der Waals surface area contributed by atoms with Crippen molar-refractivity contribution in [2.75, 3.05) is 5.32 Å². The zero-order valence-corrected chi connectivity index (χ0v) is 19.7. The number of hydrogen-bond acceptors (Lipinski definition) is 1. The van der Waals surface area contributed by atoms with Gasteiger partial charge in [-0.3, -0.25) is 0 Å².